The van der Waals surface area contributed by atoms with Gasteiger partial charge in [-0.3, -0.25) is 0 Å². The molecular weight excluding hydrogens is 294 g/mol. The van der Waals surface area contributed by atoms with Gasteiger partial charge in [0.25, 0.3) is 0 Å². The number of carbonyl (C=O) groups is 1. The zero-order chi connectivity index (χ0) is 15.0. The molecule has 0 fully saturated rings. The average Bonchev–Trinajstić information content (AvgIpc) is 2.47. The lowest BCUT2D eigenvalue weighted by atomic mass is 10.2. The first-order chi connectivity index (χ1) is 9.62. The van der Waals surface area contributed by atoms with Crippen molar-refractivity contribution in [3.8, 4) is 11.5 Å². The number of hydrogen-bond donors (Lipinski definition) is 1. The number of benzene rings is 1. The summed E-state index contributed by atoms with van der Waals surface area (Å²) < 4.78 is 10.1. The van der Waals surface area contributed by atoms with Gasteiger partial charge in [-0.25, -0.2) is 4.79 Å². The summed E-state index contributed by atoms with van der Waals surface area (Å²) in [6, 6.07) is 4.47. The Bertz CT molecular complexity index is 436. The van der Waals surface area contributed by atoms with Crippen LogP contribution in [0.1, 0.15) is 30.6 Å². The highest BCUT2D eigenvalue weighted by atomic mass is 35.5. The highest BCUT2D eigenvalue weighted by molar-refractivity contribution is 5.90. The van der Waals surface area contributed by atoms with Gasteiger partial charge in [0.2, 0.25) is 0 Å². The molecular formula is C15H24ClNO4. The van der Waals surface area contributed by atoms with Crippen molar-refractivity contribution >= 4 is 18.4 Å². The van der Waals surface area contributed by atoms with Crippen molar-refractivity contribution in [3.05, 3.63) is 23.8 Å². The van der Waals surface area contributed by atoms with Crippen LogP contribution in [0.2, 0.25) is 0 Å². The first-order valence-corrected chi connectivity index (χ1v) is 6.88. The van der Waals surface area contributed by atoms with E-state index in [9.17, 15) is 9.90 Å². The number of halogens is 1. The van der Waals surface area contributed by atoms with Crippen LogP contribution in [0.25, 0.3) is 0 Å². The van der Waals surface area contributed by atoms with E-state index < -0.39 is 5.97 Å². The molecule has 1 aromatic carbocycles. The van der Waals surface area contributed by atoms with E-state index in [1.54, 1.807) is 12.1 Å². The second-order valence-corrected chi connectivity index (χ2v) is 4.40. The smallest absolute Gasteiger partial charge is 0.338 e. The Balaban J connectivity index is 0.00000400. The van der Waals surface area contributed by atoms with Crippen molar-refractivity contribution in [2.24, 2.45) is 0 Å². The summed E-state index contributed by atoms with van der Waals surface area (Å²) in [5.74, 6) is -0.157. The maximum absolute atomic E-state index is 11.8. The Hall–Kier alpha value is -1.46. The molecule has 0 heterocycles. The van der Waals surface area contributed by atoms with Crippen molar-refractivity contribution in [1.82, 2.24) is 4.90 Å². The highest BCUT2D eigenvalue weighted by Crippen LogP contribution is 2.26. The Kier molecular flexibility index (Phi) is 9.58. The van der Waals surface area contributed by atoms with Gasteiger partial charge < -0.3 is 19.5 Å². The molecule has 5 nitrogen and oxygen atoms in total. The van der Waals surface area contributed by atoms with Crippen LogP contribution < -0.4 is 4.74 Å². The van der Waals surface area contributed by atoms with Gasteiger partial charge in [-0.15, -0.1) is 12.4 Å². The number of aromatic hydroxyl groups is 1. The third-order valence-corrected chi connectivity index (χ3v) is 3.16. The number of hydrogen-bond acceptors (Lipinski definition) is 5. The molecule has 0 atom stereocenters. The summed E-state index contributed by atoms with van der Waals surface area (Å²) in [7, 11) is 1.46. The molecule has 0 aliphatic heterocycles. The van der Waals surface area contributed by atoms with Gasteiger partial charge in [0, 0.05) is 6.54 Å². The minimum absolute atomic E-state index is 0. The van der Waals surface area contributed by atoms with Gasteiger partial charge in [-0.1, -0.05) is 13.8 Å². The number of nitrogens with zero attached hydrogens (tertiary/aromatic N) is 1. The minimum atomic E-state index is -0.428. The van der Waals surface area contributed by atoms with Crippen LogP contribution in [0.3, 0.4) is 0 Å². The molecule has 1 rings (SSSR count). The summed E-state index contributed by atoms with van der Waals surface area (Å²) >= 11 is 0. The molecule has 0 spiro atoms. The fourth-order valence-electron chi connectivity index (χ4n) is 1.89. The van der Waals surface area contributed by atoms with Gasteiger partial charge in [-0.2, -0.15) is 0 Å². The number of ether oxygens (including phenoxy) is 2. The maximum Gasteiger partial charge on any atom is 0.338 e. The predicted molar refractivity (Wildman–Crippen MR) is 84.6 cm³/mol. The molecule has 1 aromatic rings. The highest BCUT2D eigenvalue weighted by Gasteiger charge is 2.10. The van der Waals surface area contributed by atoms with Crippen LogP contribution in [-0.2, 0) is 4.74 Å². The Morgan fingerprint density at radius 3 is 2.48 bits per heavy atom. The molecule has 0 bridgehead atoms. The Morgan fingerprint density at radius 2 is 1.95 bits per heavy atom. The van der Waals surface area contributed by atoms with E-state index in [1.165, 1.54) is 13.2 Å². The summed E-state index contributed by atoms with van der Waals surface area (Å²) in [5, 5.41) is 9.61. The molecule has 21 heavy (non-hydrogen) atoms. The van der Waals surface area contributed by atoms with E-state index in [-0.39, 0.29) is 18.2 Å². The van der Waals surface area contributed by atoms with Crippen molar-refractivity contribution in [1.29, 1.82) is 0 Å². The lowest BCUT2D eigenvalue weighted by Gasteiger charge is -2.17. The second-order valence-electron chi connectivity index (χ2n) is 4.40. The summed E-state index contributed by atoms with van der Waals surface area (Å²) in [4.78, 5) is 14.1. The second kappa shape index (κ2) is 10.3. The van der Waals surface area contributed by atoms with Gasteiger partial charge in [0.05, 0.1) is 19.3 Å². The zero-order valence-corrected chi connectivity index (χ0v) is 13.6. The molecule has 0 aliphatic rings. The van der Waals surface area contributed by atoms with Crippen LogP contribution >= 0.6 is 12.4 Å². The summed E-state index contributed by atoms with van der Waals surface area (Å²) in [6.07, 6.45) is 0.801. The summed E-state index contributed by atoms with van der Waals surface area (Å²) in [5.41, 5.74) is 0.325. The normalized spacial score (nSPS) is 10.1. The van der Waals surface area contributed by atoms with Crippen LogP contribution in [0, 0.1) is 0 Å². The lowest BCUT2D eigenvalue weighted by molar-refractivity contribution is 0.0489. The monoisotopic (exact) mass is 317 g/mol. The van der Waals surface area contributed by atoms with E-state index in [4.69, 9.17) is 9.47 Å². The number of rotatable bonds is 8. The van der Waals surface area contributed by atoms with Gasteiger partial charge in [0.1, 0.15) is 0 Å². The van der Waals surface area contributed by atoms with Gasteiger partial charge in [-0.05, 0) is 37.7 Å². The van der Waals surface area contributed by atoms with E-state index in [2.05, 4.69) is 18.7 Å². The number of phenolic OH excluding ortho intramolecular Hbond substituents is 1. The quantitative estimate of drug-likeness (QED) is 0.590. The van der Waals surface area contributed by atoms with Crippen molar-refractivity contribution in [3.63, 3.8) is 0 Å². The van der Waals surface area contributed by atoms with Gasteiger partial charge in [0.15, 0.2) is 11.5 Å². The first-order valence-electron chi connectivity index (χ1n) is 6.88. The molecule has 0 radical (unpaired) electrons. The zero-order valence-electron chi connectivity index (χ0n) is 12.8. The number of esters is 1. The summed E-state index contributed by atoms with van der Waals surface area (Å²) in [6.45, 7) is 7.50. The van der Waals surface area contributed by atoms with Crippen LogP contribution in [-0.4, -0.2) is 49.3 Å². The van der Waals surface area contributed by atoms with Crippen molar-refractivity contribution in [2.45, 2.75) is 20.3 Å². The van der Waals surface area contributed by atoms with Crippen LogP contribution in [0.4, 0.5) is 0 Å². The predicted octanol–water partition coefficient (Wildman–Crippen LogP) is 2.71. The molecule has 0 unspecified atom stereocenters. The van der Waals surface area contributed by atoms with E-state index in [0.29, 0.717) is 17.9 Å². The maximum atomic E-state index is 11.8. The van der Waals surface area contributed by atoms with E-state index in [0.717, 1.165) is 26.1 Å². The van der Waals surface area contributed by atoms with Crippen molar-refractivity contribution < 1.29 is 19.4 Å². The Morgan fingerprint density at radius 1 is 1.29 bits per heavy atom. The standard InChI is InChI=1S/C15H23NO4.ClH/c1-4-16(5-2)9-6-10-20-15(18)12-7-8-14(19-3)13(17)11-12;/h7-8,11,17H,4-6,9-10H2,1-3H3;1H. The van der Waals surface area contributed by atoms with Gasteiger partial charge >= 0.3 is 5.97 Å². The first kappa shape index (κ1) is 19.5. The molecule has 6 heteroatoms. The fraction of sp³-hybridized carbons (Fsp3) is 0.533. The molecule has 1 N–H and O–H groups in total. The Labute approximate surface area is 132 Å². The van der Waals surface area contributed by atoms with E-state index >= 15 is 0 Å². The number of phenols is 1. The minimum Gasteiger partial charge on any atom is -0.504 e. The van der Waals surface area contributed by atoms with Crippen LogP contribution in [0.15, 0.2) is 18.2 Å². The topological polar surface area (TPSA) is 59.0 Å². The largest absolute Gasteiger partial charge is 0.504 e. The molecule has 120 valence electrons. The number of methoxy groups -OCH3 is 1. The van der Waals surface area contributed by atoms with E-state index in [1.807, 2.05) is 0 Å². The SMILES string of the molecule is CCN(CC)CCCOC(=O)c1ccc(OC)c(O)c1.Cl. The number of carbonyl (C=O) groups excluding carboxylic acids is 1. The van der Waals surface area contributed by atoms with Crippen molar-refractivity contribution in [2.75, 3.05) is 33.4 Å². The third-order valence-electron chi connectivity index (χ3n) is 3.16. The van der Waals surface area contributed by atoms with Crippen LogP contribution in [0.5, 0.6) is 11.5 Å². The molecule has 0 aromatic heterocycles. The molecule has 0 amide bonds. The lowest BCUT2D eigenvalue weighted by Crippen LogP contribution is -2.25. The average molecular weight is 318 g/mol. The molecule has 0 saturated heterocycles. The molecule has 0 saturated carbocycles. The molecule has 0 aliphatic carbocycles. The fourth-order valence-corrected chi connectivity index (χ4v) is 1.89. The third kappa shape index (κ3) is 6.23.